The Morgan fingerprint density at radius 2 is 1.66 bits per heavy atom. The molecule has 4 aliphatic rings. The number of benzene rings is 1. The van der Waals surface area contributed by atoms with Crippen LogP contribution in [-0.4, -0.2) is 89.3 Å². The summed E-state index contributed by atoms with van der Waals surface area (Å²) < 4.78 is 12.6. The number of aliphatic hydroxyl groups is 1. The third-order valence-electron chi connectivity index (χ3n) is 9.07. The van der Waals surface area contributed by atoms with E-state index < -0.39 is 29.1 Å². The molecule has 0 aromatic heterocycles. The van der Waals surface area contributed by atoms with E-state index in [1.54, 1.807) is 9.80 Å². The third kappa shape index (κ3) is 4.87. The number of nitrogens with zero attached hydrogens (tertiary/aromatic N) is 3. The Kier molecular flexibility index (Phi) is 8.57. The van der Waals surface area contributed by atoms with Crippen LogP contribution < -0.4 is 9.64 Å². The minimum absolute atomic E-state index is 0.102. The topological polar surface area (TPSA) is 99.6 Å². The third-order valence-corrected chi connectivity index (χ3v) is 9.07. The minimum Gasteiger partial charge on any atom is -0.494 e. The molecule has 3 amide bonds. The molecule has 1 unspecified atom stereocenters. The van der Waals surface area contributed by atoms with Crippen LogP contribution in [0.3, 0.4) is 0 Å². The Bertz CT molecular complexity index is 1200. The zero-order valence-electron chi connectivity index (χ0n) is 24.5. The number of likely N-dealkylation sites (tertiary alicyclic amines) is 1. The van der Waals surface area contributed by atoms with Gasteiger partial charge in [-0.1, -0.05) is 51.0 Å². The monoisotopic (exact) mass is 565 g/mol. The van der Waals surface area contributed by atoms with E-state index in [0.717, 1.165) is 25.0 Å². The molecule has 5 atom stereocenters. The van der Waals surface area contributed by atoms with Gasteiger partial charge in [-0.2, -0.15) is 0 Å². The number of ether oxygens (including phenoxy) is 2. The lowest BCUT2D eigenvalue weighted by molar-refractivity contribution is -0.152. The van der Waals surface area contributed by atoms with Crippen molar-refractivity contribution in [1.29, 1.82) is 0 Å². The van der Waals surface area contributed by atoms with E-state index >= 15 is 0 Å². The summed E-state index contributed by atoms with van der Waals surface area (Å²) in [5.74, 6) is -1.55. The van der Waals surface area contributed by atoms with Gasteiger partial charge in [0, 0.05) is 38.5 Å². The lowest BCUT2D eigenvalue weighted by atomic mass is 9.73. The van der Waals surface area contributed by atoms with Gasteiger partial charge in [0.05, 0.1) is 24.0 Å². The molecule has 4 heterocycles. The standard InChI is InChI=1S/C32H43N3O6/c1-4-7-8-18-33-19-10-17-32-26(29(38)35(21-11-22-36)27(32)30(33)39)25-28(37)34(20-9-16-31(25,5-2)41-32)23-12-14-24(15-13-23)40-6-3/h9-10,12-17,25-27,36H,4-8,11,18-22H2,1-3H3/t25-,26-,27?,31+,32-/m0/s1. The van der Waals surface area contributed by atoms with Crippen molar-refractivity contribution in [2.75, 3.05) is 44.3 Å². The quantitative estimate of drug-likeness (QED) is 0.327. The van der Waals surface area contributed by atoms with Crippen molar-refractivity contribution < 1.29 is 29.0 Å². The molecular weight excluding hydrogens is 522 g/mol. The number of hydrogen-bond acceptors (Lipinski definition) is 6. The van der Waals surface area contributed by atoms with E-state index in [2.05, 4.69) is 6.92 Å². The highest BCUT2D eigenvalue weighted by Gasteiger charge is 2.75. The highest BCUT2D eigenvalue weighted by atomic mass is 16.5. The predicted molar refractivity (Wildman–Crippen MR) is 155 cm³/mol. The van der Waals surface area contributed by atoms with E-state index in [1.807, 2.05) is 67.3 Å². The number of carbonyl (C=O) groups is 3. The van der Waals surface area contributed by atoms with Gasteiger partial charge >= 0.3 is 0 Å². The average Bonchev–Trinajstić information content (AvgIpc) is 3.26. The second-order valence-corrected chi connectivity index (χ2v) is 11.4. The largest absolute Gasteiger partial charge is 0.494 e. The number of carbonyl (C=O) groups excluding carboxylic acids is 3. The molecular formula is C32H43N3O6. The van der Waals surface area contributed by atoms with Crippen LogP contribution >= 0.6 is 0 Å². The van der Waals surface area contributed by atoms with Gasteiger partial charge in [0.1, 0.15) is 17.4 Å². The summed E-state index contributed by atoms with van der Waals surface area (Å²) in [7, 11) is 0. The normalized spacial score (nSPS) is 30.8. The molecule has 1 N–H and O–H groups in total. The van der Waals surface area contributed by atoms with Gasteiger partial charge in [-0.15, -0.1) is 0 Å². The molecule has 2 fully saturated rings. The fraction of sp³-hybridized carbons (Fsp3) is 0.594. The highest BCUT2D eigenvalue weighted by molar-refractivity contribution is 6.04. The van der Waals surface area contributed by atoms with E-state index in [9.17, 15) is 19.5 Å². The summed E-state index contributed by atoms with van der Waals surface area (Å²) in [6, 6.07) is 6.51. The number of anilines is 1. The number of amides is 3. The minimum atomic E-state index is -1.27. The van der Waals surface area contributed by atoms with E-state index in [0.29, 0.717) is 44.8 Å². The van der Waals surface area contributed by atoms with Gasteiger partial charge in [0.2, 0.25) is 17.7 Å². The molecule has 222 valence electrons. The second-order valence-electron chi connectivity index (χ2n) is 11.4. The number of fused-ring (bicyclic) bond motifs is 2. The fourth-order valence-corrected chi connectivity index (χ4v) is 7.16. The van der Waals surface area contributed by atoms with Crippen LogP contribution in [0.25, 0.3) is 0 Å². The summed E-state index contributed by atoms with van der Waals surface area (Å²) in [6.07, 6.45) is 11.5. The molecule has 1 spiro atoms. The SMILES string of the molecule is CCCCCN1CC=C[C@]23O[C@]4(CC)C=CCN(c5ccc(OCC)cc5)C(=O)[C@@H]4[C@H]2C(=O)N(CCCO)C3C1=O. The number of rotatable bonds is 11. The summed E-state index contributed by atoms with van der Waals surface area (Å²) >= 11 is 0. The first-order valence-electron chi connectivity index (χ1n) is 15.2. The van der Waals surface area contributed by atoms with E-state index in [4.69, 9.17) is 9.47 Å². The Balaban J connectivity index is 1.57. The van der Waals surface area contributed by atoms with Gasteiger partial charge in [-0.3, -0.25) is 14.4 Å². The van der Waals surface area contributed by atoms with Crippen molar-refractivity contribution in [1.82, 2.24) is 9.80 Å². The molecule has 5 rings (SSSR count). The average molecular weight is 566 g/mol. The molecule has 9 nitrogen and oxygen atoms in total. The van der Waals surface area contributed by atoms with Crippen LogP contribution in [0.2, 0.25) is 0 Å². The summed E-state index contributed by atoms with van der Waals surface area (Å²) in [6.45, 7) is 8.07. The smallest absolute Gasteiger partial charge is 0.249 e. The molecule has 2 saturated heterocycles. The summed E-state index contributed by atoms with van der Waals surface area (Å²) in [5.41, 5.74) is -1.59. The van der Waals surface area contributed by atoms with Crippen LogP contribution in [0.5, 0.6) is 5.75 Å². The van der Waals surface area contributed by atoms with Crippen LogP contribution in [0.15, 0.2) is 48.6 Å². The zero-order valence-corrected chi connectivity index (χ0v) is 24.5. The molecule has 0 bridgehead atoms. The Morgan fingerprint density at radius 3 is 2.34 bits per heavy atom. The zero-order chi connectivity index (χ0) is 29.2. The lowest BCUT2D eigenvalue weighted by Crippen LogP contribution is -2.56. The molecule has 9 heteroatoms. The van der Waals surface area contributed by atoms with Gasteiger partial charge in [-0.25, -0.2) is 0 Å². The first kappa shape index (κ1) is 29.3. The first-order chi connectivity index (χ1) is 19.9. The second kappa shape index (κ2) is 12.0. The maximum absolute atomic E-state index is 14.5. The molecule has 0 saturated carbocycles. The Morgan fingerprint density at radius 1 is 0.902 bits per heavy atom. The summed E-state index contributed by atoms with van der Waals surface area (Å²) in [4.78, 5) is 48.2. The maximum atomic E-state index is 14.5. The molecule has 4 aliphatic heterocycles. The van der Waals surface area contributed by atoms with Crippen molar-refractivity contribution in [2.24, 2.45) is 11.8 Å². The number of aliphatic hydroxyl groups excluding tert-OH is 1. The fourth-order valence-electron chi connectivity index (χ4n) is 7.16. The number of unbranched alkanes of at least 4 members (excludes halogenated alkanes) is 2. The molecule has 1 aromatic rings. The lowest BCUT2D eigenvalue weighted by Gasteiger charge is -2.38. The maximum Gasteiger partial charge on any atom is 0.249 e. The van der Waals surface area contributed by atoms with Crippen LogP contribution in [-0.2, 0) is 19.1 Å². The van der Waals surface area contributed by atoms with Gasteiger partial charge in [0.25, 0.3) is 0 Å². The van der Waals surface area contributed by atoms with Gasteiger partial charge < -0.3 is 29.3 Å². The molecule has 1 aromatic carbocycles. The van der Waals surface area contributed by atoms with Crippen molar-refractivity contribution >= 4 is 23.4 Å². The molecule has 0 radical (unpaired) electrons. The van der Waals surface area contributed by atoms with Crippen molar-refractivity contribution in [3.8, 4) is 5.75 Å². The van der Waals surface area contributed by atoms with Crippen LogP contribution in [0.1, 0.15) is 52.9 Å². The first-order valence-corrected chi connectivity index (χ1v) is 15.2. The predicted octanol–water partition coefficient (Wildman–Crippen LogP) is 3.32. The Labute approximate surface area is 242 Å². The van der Waals surface area contributed by atoms with Crippen LogP contribution in [0.4, 0.5) is 5.69 Å². The molecule has 0 aliphatic carbocycles. The Hall–Kier alpha value is -3.17. The van der Waals surface area contributed by atoms with Crippen molar-refractivity contribution in [2.45, 2.75) is 70.1 Å². The summed E-state index contributed by atoms with van der Waals surface area (Å²) in [5, 5.41) is 9.63. The molecule has 41 heavy (non-hydrogen) atoms. The highest BCUT2D eigenvalue weighted by Crippen LogP contribution is 2.58. The van der Waals surface area contributed by atoms with Gasteiger partial charge in [0.15, 0.2) is 0 Å². The van der Waals surface area contributed by atoms with Crippen molar-refractivity contribution in [3.63, 3.8) is 0 Å². The van der Waals surface area contributed by atoms with E-state index in [-0.39, 0.29) is 30.9 Å². The van der Waals surface area contributed by atoms with Crippen molar-refractivity contribution in [3.05, 3.63) is 48.6 Å². The van der Waals surface area contributed by atoms with E-state index in [1.165, 1.54) is 0 Å². The van der Waals surface area contributed by atoms with Gasteiger partial charge in [-0.05, 0) is 50.5 Å². The number of hydrogen-bond donors (Lipinski definition) is 1. The van der Waals surface area contributed by atoms with Crippen LogP contribution in [0, 0.1) is 11.8 Å².